The van der Waals surface area contributed by atoms with Gasteiger partial charge in [-0.05, 0) is 29.8 Å². The number of fused-ring (bicyclic) bond motifs is 1. The van der Waals surface area contributed by atoms with Crippen LogP contribution in [-0.2, 0) is 9.84 Å². The van der Waals surface area contributed by atoms with E-state index in [1.54, 1.807) is 17.0 Å². The van der Waals surface area contributed by atoms with Crippen LogP contribution in [0.15, 0.2) is 47.4 Å². The van der Waals surface area contributed by atoms with Crippen molar-refractivity contribution >= 4 is 20.6 Å². The first-order valence-corrected chi connectivity index (χ1v) is 9.98. The van der Waals surface area contributed by atoms with E-state index in [1.165, 1.54) is 4.90 Å². The number of quaternary nitrogens is 2. The molecule has 2 N–H and O–H groups in total. The monoisotopic (exact) mass is 334 g/mol. The van der Waals surface area contributed by atoms with Gasteiger partial charge in [0, 0.05) is 0 Å². The van der Waals surface area contributed by atoms with E-state index in [0.29, 0.717) is 4.90 Å². The van der Waals surface area contributed by atoms with Gasteiger partial charge in [-0.15, -0.1) is 0 Å². The molecule has 1 aliphatic heterocycles. The molecule has 1 fully saturated rings. The summed E-state index contributed by atoms with van der Waals surface area (Å²) >= 11 is 0. The number of hydrogen-bond donors (Lipinski definition) is 2. The molecule has 0 spiro atoms. The third kappa shape index (κ3) is 3.74. The van der Waals surface area contributed by atoms with Crippen LogP contribution >= 0.6 is 0 Å². The maximum Gasteiger partial charge on any atom is 0.184 e. The van der Waals surface area contributed by atoms with E-state index in [0.717, 1.165) is 37.0 Å². The van der Waals surface area contributed by atoms with E-state index in [1.807, 2.05) is 30.3 Å². The van der Waals surface area contributed by atoms with Gasteiger partial charge in [0.15, 0.2) is 9.84 Å². The fourth-order valence-electron chi connectivity index (χ4n) is 3.39. The summed E-state index contributed by atoms with van der Waals surface area (Å²) in [7, 11) is -1.04. The number of hydrogen-bond acceptors (Lipinski definition) is 2. The van der Waals surface area contributed by atoms with Gasteiger partial charge < -0.3 is 9.80 Å². The van der Waals surface area contributed by atoms with Gasteiger partial charge in [0.2, 0.25) is 0 Å². The molecule has 1 atom stereocenters. The number of benzene rings is 2. The first kappa shape index (κ1) is 16.4. The molecular weight excluding hydrogens is 308 g/mol. The second kappa shape index (κ2) is 6.59. The Morgan fingerprint density at radius 1 is 1.00 bits per heavy atom. The number of piperazine rings is 1. The Kier molecular flexibility index (Phi) is 4.71. The van der Waals surface area contributed by atoms with Crippen LogP contribution in [0.2, 0.25) is 0 Å². The van der Waals surface area contributed by atoms with Gasteiger partial charge in [-0.1, -0.05) is 30.3 Å². The first-order valence-electron chi connectivity index (χ1n) is 8.33. The third-order valence-electron chi connectivity index (χ3n) is 4.99. The Labute approximate surface area is 138 Å². The zero-order chi connectivity index (χ0) is 16.4. The van der Waals surface area contributed by atoms with Crippen LogP contribution in [0.4, 0.5) is 0 Å². The van der Waals surface area contributed by atoms with Gasteiger partial charge in [0.05, 0.1) is 18.0 Å². The van der Waals surface area contributed by atoms with Crippen molar-refractivity contribution in [3.8, 4) is 0 Å². The molecule has 124 valence electrons. The molecule has 3 rings (SSSR count). The van der Waals surface area contributed by atoms with Crippen molar-refractivity contribution in [1.82, 2.24) is 0 Å². The summed E-state index contributed by atoms with van der Waals surface area (Å²) < 4.78 is 25.5. The predicted octanol–water partition coefficient (Wildman–Crippen LogP) is -0.585. The molecule has 1 saturated heterocycles. The minimum absolute atomic E-state index is 0.138. The van der Waals surface area contributed by atoms with Crippen molar-refractivity contribution in [2.75, 3.05) is 39.0 Å². The van der Waals surface area contributed by atoms with Crippen LogP contribution in [0, 0.1) is 0 Å². The Morgan fingerprint density at radius 3 is 2.35 bits per heavy atom. The summed E-state index contributed by atoms with van der Waals surface area (Å²) in [6.07, 6.45) is 0. The average molecular weight is 334 g/mol. The lowest BCUT2D eigenvalue weighted by Crippen LogP contribution is -3.28. The highest BCUT2D eigenvalue weighted by molar-refractivity contribution is 7.91. The largest absolute Gasteiger partial charge is 0.328 e. The van der Waals surface area contributed by atoms with Gasteiger partial charge in [0.25, 0.3) is 0 Å². The maximum atomic E-state index is 12.8. The predicted molar refractivity (Wildman–Crippen MR) is 92.8 cm³/mol. The highest BCUT2D eigenvalue weighted by Crippen LogP contribution is 2.20. The van der Waals surface area contributed by atoms with Crippen molar-refractivity contribution in [3.05, 3.63) is 42.5 Å². The Morgan fingerprint density at radius 2 is 1.65 bits per heavy atom. The van der Waals surface area contributed by atoms with Crippen LogP contribution in [0.3, 0.4) is 0 Å². The van der Waals surface area contributed by atoms with E-state index in [2.05, 4.69) is 14.0 Å². The summed E-state index contributed by atoms with van der Waals surface area (Å²) in [6, 6.07) is 13.5. The summed E-state index contributed by atoms with van der Waals surface area (Å²) in [5, 5.41) is 2.06. The van der Waals surface area contributed by atoms with E-state index in [-0.39, 0.29) is 11.8 Å². The standard InChI is InChI=1S/C18H24N2O2S/c1-15(20-11-9-19(2)10-12-20)14-23(21,22)18-8-7-16-5-3-4-6-17(16)13-18/h3-8,13,15H,9-12,14H2,1-2H3/p+2/t15-/m1/s1. The van der Waals surface area contributed by atoms with Gasteiger partial charge in [-0.3, -0.25) is 0 Å². The van der Waals surface area contributed by atoms with Gasteiger partial charge in [0.1, 0.15) is 31.9 Å². The first-order chi connectivity index (χ1) is 11.0. The average Bonchev–Trinajstić information content (AvgIpc) is 2.54. The Bertz CT molecular complexity index is 780. The fraction of sp³-hybridized carbons (Fsp3) is 0.444. The molecule has 2 aromatic rings. The van der Waals surface area contributed by atoms with E-state index in [9.17, 15) is 8.42 Å². The highest BCUT2D eigenvalue weighted by atomic mass is 32.2. The molecule has 0 bridgehead atoms. The molecule has 0 unspecified atom stereocenters. The third-order valence-corrected chi connectivity index (χ3v) is 6.90. The van der Waals surface area contributed by atoms with Crippen molar-refractivity contribution in [2.24, 2.45) is 0 Å². The molecule has 5 heteroatoms. The minimum atomic E-state index is -3.24. The van der Waals surface area contributed by atoms with E-state index in [4.69, 9.17) is 0 Å². The zero-order valence-electron chi connectivity index (χ0n) is 13.9. The number of rotatable bonds is 4. The minimum Gasteiger partial charge on any atom is -0.328 e. The molecule has 23 heavy (non-hydrogen) atoms. The van der Waals surface area contributed by atoms with Crippen molar-refractivity contribution in [3.63, 3.8) is 0 Å². The number of nitrogens with one attached hydrogen (secondary N) is 2. The highest BCUT2D eigenvalue weighted by Gasteiger charge is 2.29. The maximum absolute atomic E-state index is 12.8. The van der Waals surface area contributed by atoms with Crippen LogP contribution in [0.5, 0.6) is 0 Å². The van der Waals surface area contributed by atoms with Crippen LogP contribution in [0.25, 0.3) is 10.8 Å². The summed E-state index contributed by atoms with van der Waals surface area (Å²) in [6.45, 7) is 6.42. The van der Waals surface area contributed by atoms with Crippen molar-refractivity contribution in [1.29, 1.82) is 0 Å². The molecule has 0 aliphatic carbocycles. The van der Waals surface area contributed by atoms with Gasteiger partial charge in [-0.25, -0.2) is 8.42 Å². The number of likely N-dealkylation sites (N-methyl/N-ethyl adjacent to an activating group) is 1. The molecular formula is C18H26N2O2S+2. The molecule has 0 saturated carbocycles. The summed E-state index contributed by atoms with van der Waals surface area (Å²) in [4.78, 5) is 3.40. The normalized spacial score (nSPS) is 23.7. The summed E-state index contributed by atoms with van der Waals surface area (Å²) in [5.41, 5.74) is 0. The SMILES string of the molecule is C[C@H](CS(=O)(=O)c1ccc2ccccc2c1)[NH+]1CC[NH+](C)CC1. The lowest BCUT2D eigenvalue weighted by molar-refractivity contribution is -1.01. The molecule has 4 nitrogen and oxygen atoms in total. The Hall–Kier alpha value is -1.43. The molecule has 1 heterocycles. The lowest BCUT2D eigenvalue weighted by atomic mass is 10.1. The second-order valence-electron chi connectivity index (χ2n) is 6.81. The number of sulfone groups is 1. The topological polar surface area (TPSA) is 43.0 Å². The summed E-state index contributed by atoms with van der Waals surface area (Å²) in [5.74, 6) is 0.222. The van der Waals surface area contributed by atoms with Crippen molar-refractivity contribution in [2.45, 2.75) is 17.9 Å². The van der Waals surface area contributed by atoms with Crippen LogP contribution in [0.1, 0.15) is 6.92 Å². The zero-order valence-corrected chi connectivity index (χ0v) is 14.7. The van der Waals surface area contributed by atoms with Gasteiger partial charge in [-0.2, -0.15) is 0 Å². The molecule has 0 amide bonds. The van der Waals surface area contributed by atoms with E-state index >= 15 is 0 Å². The molecule has 0 aromatic heterocycles. The fourth-order valence-corrected chi connectivity index (χ4v) is 5.06. The molecule has 2 aromatic carbocycles. The van der Waals surface area contributed by atoms with Crippen LogP contribution in [-0.4, -0.2) is 53.4 Å². The second-order valence-corrected chi connectivity index (χ2v) is 8.84. The quantitative estimate of drug-likeness (QED) is 0.785. The Balaban J connectivity index is 1.77. The van der Waals surface area contributed by atoms with Crippen molar-refractivity contribution < 1.29 is 18.2 Å². The van der Waals surface area contributed by atoms with Gasteiger partial charge >= 0.3 is 0 Å². The molecule has 1 aliphatic rings. The van der Waals surface area contributed by atoms with Crippen LogP contribution < -0.4 is 9.80 Å². The van der Waals surface area contributed by atoms with E-state index < -0.39 is 9.84 Å². The molecule has 0 radical (unpaired) electrons. The lowest BCUT2D eigenvalue weighted by Gasteiger charge is -2.31. The smallest absolute Gasteiger partial charge is 0.184 e.